The van der Waals surface area contributed by atoms with Gasteiger partial charge in [-0.3, -0.25) is 0 Å². The van der Waals surface area contributed by atoms with Crippen LogP contribution in [-0.2, 0) is 12.6 Å². The predicted octanol–water partition coefficient (Wildman–Crippen LogP) is 3.79. The number of nitrogens with zero attached hydrogens (tertiary/aromatic N) is 1. The van der Waals surface area contributed by atoms with Crippen molar-refractivity contribution in [3.05, 3.63) is 46.5 Å². The second kappa shape index (κ2) is 4.97. The van der Waals surface area contributed by atoms with E-state index >= 15 is 0 Å². The van der Waals surface area contributed by atoms with E-state index < -0.39 is 11.7 Å². The minimum absolute atomic E-state index is 0.595. The molecule has 0 aliphatic rings. The van der Waals surface area contributed by atoms with E-state index in [0.717, 1.165) is 27.7 Å². The van der Waals surface area contributed by atoms with Crippen LogP contribution in [0.15, 0.2) is 30.5 Å². The third-order valence-electron chi connectivity index (χ3n) is 2.43. The smallest absolute Gasteiger partial charge is 0.365 e. The molecule has 1 aromatic heterocycles. The Kier molecular flexibility index (Phi) is 3.56. The number of hydrogen-bond acceptors (Lipinski definition) is 3. The Labute approximate surface area is 106 Å². The van der Waals surface area contributed by atoms with Gasteiger partial charge in [0.15, 0.2) is 5.13 Å². The molecule has 0 bridgehead atoms. The zero-order valence-corrected chi connectivity index (χ0v) is 10.4. The van der Waals surface area contributed by atoms with Crippen molar-refractivity contribution in [2.75, 3.05) is 12.4 Å². The second-order valence-corrected chi connectivity index (χ2v) is 4.87. The summed E-state index contributed by atoms with van der Waals surface area (Å²) in [6.45, 7) is 0. The van der Waals surface area contributed by atoms with Gasteiger partial charge in [0.25, 0.3) is 0 Å². The van der Waals surface area contributed by atoms with E-state index in [1.54, 1.807) is 13.2 Å². The predicted molar refractivity (Wildman–Crippen MR) is 65.9 cm³/mol. The van der Waals surface area contributed by atoms with Gasteiger partial charge in [-0.15, -0.1) is 11.3 Å². The monoisotopic (exact) mass is 272 g/mol. The molecule has 0 radical (unpaired) electrons. The lowest BCUT2D eigenvalue weighted by Gasteiger charge is -2.06. The number of benzene rings is 1. The van der Waals surface area contributed by atoms with Crippen LogP contribution in [0.1, 0.15) is 16.0 Å². The molecule has 0 unspecified atom stereocenters. The van der Waals surface area contributed by atoms with E-state index in [0.29, 0.717) is 6.42 Å². The highest BCUT2D eigenvalue weighted by atomic mass is 32.1. The molecule has 1 aromatic carbocycles. The van der Waals surface area contributed by atoms with E-state index in [-0.39, 0.29) is 0 Å². The number of nitrogens with one attached hydrogen (secondary N) is 1. The van der Waals surface area contributed by atoms with E-state index in [1.807, 2.05) is 0 Å². The van der Waals surface area contributed by atoms with Crippen molar-refractivity contribution < 1.29 is 13.2 Å². The molecule has 2 rings (SSSR count). The van der Waals surface area contributed by atoms with Crippen LogP contribution in [-0.4, -0.2) is 12.0 Å². The van der Waals surface area contributed by atoms with Crippen molar-refractivity contribution in [1.29, 1.82) is 0 Å². The first kappa shape index (κ1) is 12.9. The van der Waals surface area contributed by atoms with Gasteiger partial charge >= 0.3 is 6.18 Å². The van der Waals surface area contributed by atoms with E-state index in [1.165, 1.54) is 23.5 Å². The molecule has 96 valence electrons. The van der Waals surface area contributed by atoms with Crippen LogP contribution in [0.3, 0.4) is 0 Å². The summed E-state index contributed by atoms with van der Waals surface area (Å²) in [4.78, 5) is 5.13. The maximum atomic E-state index is 12.4. The molecule has 0 amide bonds. The Bertz CT molecular complexity index is 517. The third kappa shape index (κ3) is 3.01. The largest absolute Gasteiger partial charge is 0.416 e. The SMILES string of the molecule is CNc1ncc(Cc2ccc(C(F)(F)F)cc2)s1. The van der Waals surface area contributed by atoms with Crippen molar-refractivity contribution in [2.24, 2.45) is 0 Å². The molecule has 0 saturated carbocycles. The molecule has 0 spiro atoms. The van der Waals surface area contributed by atoms with Gasteiger partial charge in [-0.2, -0.15) is 13.2 Å². The van der Waals surface area contributed by atoms with Crippen molar-refractivity contribution in [3.63, 3.8) is 0 Å². The third-order valence-corrected chi connectivity index (χ3v) is 3.44. The maximum absolute atomic E-state index is 12.4. The number of aromatic nitrogens is 1. The van der Waals surface area contributed by atoms with Crippen LogP contribution in [0.4, 0.5) is 18.3 Å². The van der Waals surface area contributed by atoms with Crippen molar-refractivity contribution >= 4 is 16.5 Å². The van der Waals surface area contributed by atoms with Crippen LogP contribution in [0.5, 0.6) is 0 Å². The summed E-state index contributed by atoms with van der Waals surface area (Å²) in [5, 5.41) is 3.72. The number of halogens is 3. The van der Waals surface area contributed by atoms with Crippen LogP contribution < -0.4 is 5.32 Å². The number of rotatable bonds is 3. The van der Waals surface area contributed by atoms with Crippen LogP contribution in [0, 0.1) is 0 Å². The number of alkyl halides is 3. The lowest BCUT2D eigenvalue weighted by Crippen LogP contribution is -2.04. The molecule has 18 heavy (non-hydrogen) atoms. The average Bonchev–Trinajstić information content (AvgIpc) is 2.76. The fraction of sp³-hybridized carbons (Fsp3) is 0.250. The van der Waals surface area contributed by atoms with Crippen molar-refractivity contribution in [1.82, 2.24) is 4.98 Å². The summed E-state index contributed by atoms with van der Waals surface area (Å²) in [6, 6.07) is 5.22. The lowest BCUT2D eigenvalue weighted by molar-refractivity contribution is -0.137. The standard InChI is InChI=1S/C12H11F3N2S/c1-16-11-17-7-10(18-11)6-8-2-4-9(5-3-8)12(13,14)15/h2-5,7H,6H2,1H3,(H,16,17). The minimum Gasteiger partial charge on any atom is -0.365 e. The first-order valence-corrected chi connectivity index (χ1v) is 6.09. The lowest BCUT2D eigenvalue weighted by atomic mass is 10.1. The molecule has 2 nitrogen and oxygen atoms in total. The molecule has 0 aliphatic carbocycles. The summed E-state index contributed by atoms with van der Waals surface area (Å²) >= 11 is 1.49. The molecule has 0 atom stereocenters. The zero-order chi connectivity index (χ0) is 13.2. The molecule has 0 aliphatic heterocycles. The van der Waals surface area contributed by atoms with E-state index in [4.69, 9.17) is 0 Å². The fourth-order valence-corrected chi connectivity index (χ4v) is 2.32. The van der Waals surface area contributed by atoms with Crippen molar-refractivity contribution in [2.45, 2.75) is 12.6 Å². The van der Waals surface area contributed by atoms with Crippen LogP contribution in [0.2, 0.25) is 0 Å². The number of hydrogen-bond donors (Lipinski definition) is 1. The van der Waals surface area contributed by atoms with Gasteiger partial charge in [0.05, 0.1) is 5.56 Å². The summed E-state index contributed by atoms with van der Waals surface area (Å²) in [6.07, 6.45) is -1.95. The number of thiazole rings is 1. The first-order chi connectivity index (χ1) is 8.49. The van der Waals surface area contributed by atoms with Gasteiger partial charge in [-0.05, 0) is 17.7 Å². The average molecular weight is 272 g/mol. The highest BCUT2D eigenvalue weighted by Crippen LogP contribution is 2.29. The van der Waals surface area contributed by atoms with Gasteiger partial charge < -0.3 is 5.32 Å². The molecule has 0 fully saturated rings. The topological polar surface area (TPSA) is 24.9 Å². The van der Waals surface area contributed by atoms with Gasteiger partial charge in [0, 0.05) is 24.5 Å². The fourth-order valence-electron chi connectivity index (χ4n) is 1.52. The summed E-state index contributed by atoms with van der Waals surface area (Å²) in [5.41, 5.74) is 0.223. The maximum Gasteiger partial charge on any atom is 0.416 e. The molecular formula is C12H11F3N2S. The normalized spacial score (nSPS) is 11.6. The Hall–Kier alpha value is -1.56. The molecule has 6 heteroatoms. The van der Waals surface area contributed by atoms with Crippen molar-refractivity contribution in [3.8, 4) is 0 Å². The quantitative estimate of drug-likeness (QED) is 0.919. The van der Waals surface area contributed by atoms with E-state index in [2.05, 4.69) is 10.3 Å². The Balaban J connectivity index is 2.11. The van der Waals surface area contributed by atoms with Gasteiger partial charge in [0.1, 0.15) is 0 Å². The van der Waals surface area contributed by atoms with Gasteiger partial charge in [-0.1, -0.05) is 12.1 Å². The highest BCUT2D eigenvalue weighted by molar-refractivity contribution is 7.15. The van der Waals surface area contributed by atoms with E-state index in [9.17, 15) is 13.2 Å². The molecule has 1 heterocycles. The molecule has 2 aromatic rings. The molecular weight excluding hydrogens is 261 g/mol. The highest BCUT2D eigenvalue weighted by Gasteiger charge is 2.29. The summed E-state index contributed by atoms with van der Waals surface area (Å²) < 4.78 is 37.1. The number of anilines is 1. The van der Waals surface area contributed by atoms with Gasteiger partial charge in [-0.25, -0.2) is 4.98 Å². The zero-order valence-electron chi connectivity index (χ0n) is 9.58. The Morgan fingerprint density at radius 3 is 2.39 bits per heavy atom. The summed E-state index contributed by atoms with van der Waals surface area (Å²) in [7, 11) is 1.78. The van der Waals surface area contributed by atoms with Gasteiger partial charge in [0.2, 0.25) is 0 Å². The van der Waals surface area contributed by atoms with Crippen LogP contribution >= 0.6 is 11.3 Å². The second-order valence-electron chi connectivity index (χ2n) is 3.75. The Morgan fingerprint density at radius 1 is 1.22 bits per heavy atom. The molecule has 0 saturated heterocycles. The Morgan fingerprint density at radius 2 is 1.89 bits per heavy atom. The van der Waals surface area contributed by atoms with Crippen LogP contribution in [0.25, 0.3) is 0 Å². The summed E-state index contributed by atoms with van der Waals surface area (Å²) in [5.74, 6) is 0. The molecule has 1 N–H and O–H groups in total. The minimum atomic E-state index is -4.28. The first-order valence-electron chi connectivity index (χ1n) is 5.27.